The zero-order valence-corrected chi connectivity index (χ0v) is 19.2. The molecule has 33 heavy (non-hydrogen) atoms. The molecule has 5 rings (SSSR count). The van der Waals surface area contributed by atoms with Crippen LogP contribution in [-0.4, -0.2) is 54.6 Å². The van der Waals surface area contributed by atoms with Crippen molar-refractivity contribution in [3.63, 3.8) is 0 Å². The summed E-state index contributed by atoms with van der Waals surface area (Å²) in [6.07, 6.45) is -1.50. The molecule has 0 spiro atoms. The normalized spacial score (nSPS) is 26.4. The first-order chi connectivity index (χ1) is 15.8. The second-order valence-corrected chi connectivity index (χ2v) is 10.3. The number of halogens is 3. The van der Waals surface area contributed by atoms with Gasteiger partial charge >= 0.3 is 6.18 Å². The van der Waals surface area contributed by atoms with Crippen LogP contribution >= 0.6 is 11.3 Å². The smallest absolute Gasteiger partial charge is 0.391 e. The van der Waals surface area contributed by atoms with Crippen molar-refractivity contribution >= 4 is 22.2 Å². The van der Waals surface area contributed by atoms with Gasteiger partial charge in [0.1, 0.15) is 0 Å². The average molecular weight is 480 g/mol. The van der Waals surface area contributed by atoms with E-state index in [2.05, 4.69) is 4.90 Å². The van der Waals surface area contributed by atoms with Crippen LogP contribution in [0.3, 0.4) is 0 Å². The second kappa shape index (κ2) is 8.60. The second-order valence-electron chi connectivity index (χ2n) is 9.32. The van der Waals surface area contributed by atoms with E-state index in [1.165, 1.54) is 17.4 Å². The molecule has 9 heteroatoms. The Morgan fingerprint density at radius 3 is 2.64 bits per heavy atom. The number of carbonyl (C=O) groups excluding carboxylic acids is 1. The van der Waals surface area contributed by atoms with Crippen molar-refractivity contribution in [3.05, 3.63) is 51.9 Å². The highest BCUT2D eigenvalue weighted by Gasteiger charge is 2.50. The van der Waals surface area contributed by atoms with Gasteiger partial charge in [-0.15, -0.1) is 11.3 Å². The van der Waals surface area contributed by atoms with Gasteiger partial charge in [-0.25, -0.2) is 0 Å². The molecule has 2 unspecified atom stereocenters. The number of nitrogens with two attached hydrogens (primary N) is 1. The number of thiophene rings is 1. The van der Waals surface area contributed by atoms with Crippen LogP contribution in [0.15, 0.2) is 29.6 Å². The Morgan fingerprint density at radius 1 is 1.15 bits per heavy atom. The number of fused-ring (bicyclic) bond motifs is 1. The van der Waals surface area contributed by atoms with E-state index in [0.717, 1.165) is 43.1 Å². The summed E-state index contributed by atoms with van der Waals surface area (Å²) in [4.78, 5) is 18.3. The number of amides is 1. The van der Waals surface area contributed by atoms with Crippen LogP contribution in [0, 0.1) is 0 Å². The summed E-state index contributed by atoms with van der Waals surface area (Å²) in [6.45, 7) is 3.85. The molecule has 2 aliphatic heterocycles. The quantitative estimate of drug-likeness (QED) is 0.722. The van der Waals surface area contributed by atoms with Gasteiger partial charge in [-0.05, 0) is 66.0 Å². The van der Waals surface area contributed by atoms with Crippen LogP contribution < -0.4 is 5.73 Å². The number of rotatable bonds is 3. The Hall–Kier alpha value is -2.10. The van der Waals surface area contributed by atoms with E-state index >= 15 is 0 Å². The van der Waals surface area contributed by atoms with E-state index in [-0.39, 0.29) is 18.5 Å². The zero-order valence-electron chi connectivity index (χ0n) is 18.4. The molecule has 2 aromatic rings. The van der Waals surface area contributed by atoms with E-state index < -0.39 is 17.2 Å². The van der Waals surface area contributed by atoms with Crippen molar-refractivity contribution in [1.29, 1.82) is 0 Å². The van der Waals surface area contributed by atoms with Gasteiger partial charge in [0.15, 0.2) is 0 Å². The minimum absolute atomic E-state index is 0.0131. The lowest BCUT2D eigenvalue weighted by atomic mass is 9.78. The van der Waals surface area contributed by atoms with E-state index in [0.29, 0.717) is 43.2 Å². The molecule has 1 amide bonds. The lowest BCUT2D eigenvalue weighted by molar-refractivity contribution is -0.138. The van der Waals surface area contributed by atoms with Crippen LogP contribution in [-0.2, 0) is 34.1 Å². The molecule has 5 nitrogen and oxygen atoms in total. The van der Waals surface area contributed by atoms with E-state index in [1.807, 2.05) is 11.4 Å². The lowest BCUT2D eigenvalue weighted by Crippen LogP contribution is -2.49. The molecule has 1 aliphatic carbocycles. The van der Waals surface area contributed by atoms with Gasteiger partial charge in [0.25, 0.3) is 0 Å². The van der Waals surface area contributed by atoms with Crippen LogP contribution in [0.1, 0.15) is 41.5 Å². The van der Waals surface area contributed by atoms with E-state index in [1.54, 1.807) is 11.0 Å². The van der Waals surface area contributed by atoms with Gasteiger partial charge in [-0.2, -0.15) is 13.2 Å². The summed E-state index contributed by atoms with van der Waals surface area (Å²) in [5.74, 6) is 0.0131. The van der Waals surface area contributed by atoms with Crippen LogP contribution in [0.5, 0.6) is 0 Å². The molecular weight excluding hydrogens is 451 g/mol. The topological polar surface area (TPSA) is 58.8 Å². The summed E-state index contributed by atoms with van der Waals surface area (Å²) >= 11 is 1.43. The number of hydrogen-bond acceptors (Lipinski definition) is 5. The van der Waals surface area contributed by atoms with Crippen molar-refractivity contribution in [2.75, 3.05) is 38.6 Å². The van der Waals surface area contributed by atoms with Crippen molar-refractivity contribution in [2.24, 2.45) is 0 Å². The van der Waals surface area contributed by atoms with E-state index in [4.69, 9.17) is 10.5 Å². The van der Waals surface area contributed by atoms with Crippen molar-refractivity contribution in [3.8, 4) is 0 Å². The van der Waals surface area contributed by atoms with Gasteiger partial charge < -0.3 is 15.4 Å². The fourth-order valence-corrected chi connectivity index (χ4v) is 6.42. The standard InChI is InChI=1S/C24H28F3N3O2S/c25-24(26,27)18-2-1-16-4-6-30(14-17(16)11-18)22(31)23(19-12-21(28)33-15-19)5-3-20(13-23)29-7-9-32-10-8-29/h1-2,11-12,15,20H,3-10,13-14,28H2. The molecule has 1 saturated heterocycles. The molecule has 1 aromatic carbocycles. The molecule has 3 aliphatic rings. The van der Waals surface area contributed by atoms with Gasteiger partial charge in [-0.1, -0.05) is 6.07 Å². The minimum Gasteiger partial charge on any atom is -0.391 e. The molecule has 0 bridgehead atoms. The summed E-state index contributed by atoms with van der Waals surface area (Å²) in [5.41, 5.74) is 7.12. The zero-order chi connectivity index (χ0) is 23.2. The van der Waals surface area contributed by atoms with Crippen LogP contribution in [0.2, 0.25) is 0 Å². The molecule has 2 atom stereocenters. The summed E-state index contributed by atoms with van der Waals surface area (Å²) < 4.78 is 45.3. The minimum atomic E-state index is -4.40. The first-order valence-corrected chi connectivity index (χ1v) is 12.3. The molecule has 0 radical (unpaired) electrons. The number of anilines is 1. The summed E-state index contributed by atoms with van der Waals surface area (Å²) in [7, 11) is 0. The number of nitrogens with zero attached hydrogens (tertiary/aromatic N) is 2. The molecule has 1 saturated carbocycles. The summed E-state index contributed by atoms with van der Waals surface area (Å²) in [5, 5.41) is 2.65. The third-order valence-electron chi connectivity index (χ3n) is 7.47. The Bertz CT molecular complexity index is 1030. The molecule has 2 fully saturated rings. The van der Waals surface area contributed by atoms with Gasteiger partial charge in [-0.3, -0.25) is 9.69 Å². The molecular formula is C24H28F3N3O2S. The fourth-order valence-electron chi connectivity index (χ4n) is 5.67. The van der Waals surface area contributed by atoms with Crippen molar-refractivity contribution in [2.45, 2.75) is 49.9 Å². The molecule has 3 heterocycles. The van der Waals surface area contributed by atoms with Gasteiger partial charge in [0.05, 0.1) is 29.2 Å². The SMILES string of the molecule is Nc1cc(C2(C(=O)N3CCc4ccc(C(F)(F)F)cc4C3)CCC(N3CCOCC3)C2)cs1. The molecule has 178 valence electrons. The highest BCUT2D eigenvalue weighted by atomic mass is 32.1. The number of morpholine rings is 1. The van der Waals surface area contributed by atoms with Crippen molar-refractivity contribution < 1.29 is 22.7 Å². The average Bonchev–Trinajstić information content (AvgIpc) is 3.45. The Morgan fingerprint density at radius 2 is 1.94 bits per heavy atom. The van der Waals surface area contributed by atoms with Crippen molar-refractivity contribution in [1.82, 2.24) is 9.80 Å². The highest BCUT2D eigenvalue weighted by Crippen LogP contribution is 2.47. The van der Waals surface area contributed by atoms with E-state index in [9.17, 15) is 18.0 Å². The highest BCUT2D eigenvalue weighted by molar-refractivity contribution is 7.14. The van der Waals surface area contributed by atoms with Crippen LogP contribution in [0.4, 0.5) is 18.2 Å². The number of alkyl halides is 3. The monoisotopic (exact) mass is 479 g/mol. The Kier molecular flexibility index (Phi) is 5.91. The third kappa shape index (κ3) is 4.26. The molecule has 1 aromatic heterocycles. The largest absolute Gasteiger partial charge is 0.416 e. The van der Waals surface area contributed by atoms with Gasteiger partial charge in [0, 0.05) is 32.2 Å². The van der Waals surface area contributed by atoms with Gasteiger partial charge in [0.2, 0.25) is 5.91 Å². The molecule has 2 N–H and O–H groups in total. The van der Waals surface area contributed by atoms with Crippen LogP contribution in [0.25, 0.3) is 0 Å². The Labute approximate surface area is 195 Å². The maximum Gasteiger partial charge on any atom is 0.416 e. The first kappa shape index (κ1) is 22.7. The number of benzene rings is 1. The Balaban J connectivity index is 1.43. The number of ether oxygens (including phenoxy) is 1. The third-order valence-corrected chi connectivity index (χ3v) is 8.23. The predicted octanol–water partition coefficient (Wildman–Crippen LogP) is 4.06. The fraction of sp³-hybridized carbons (Fsp3) is 0.542. The maximum atomic E-state index is 14.1. The summed E-state index contributed by atoms with van der Waals surface area (Å²) in [6, 6.07) is 6.08. The lowest BCUT2D eigenvalue weighted by Gasteiger charge is -2.38. The maximum absolute atomic E-state index is 14.1. The number of nitrogen functional groups attached to an aromatic ring is 1. The number of carbonyl (C=O) groups is 1. The first-order valence-electron chi connectivity index (χ1n) is 11.4. The number of hydrogen-bond donors (Lipinski definition) is 1. The predicted molar refractivity (Wildman–Crippen MR) is 121 cm³/mol.